The molecule has 118 valence electrons. The Bertz CT molecular complexity index is 685. The van der Waals surface area contributed by atoms with Crippen LogP contribution in [-0.4, -0.2) is 40.5 Å². The van der Waals surface area contributed by atoms with Crippen molar-refractivity contribution in [2.75, 3.05) is 18.1 Å². The Morgan fingerprint density at radius 2 is 2.18 bits per heavy atom. The van der Waals surface area contributed by atoms with E-state index in [1.54, 1.807) is 30.0 Å². The predicted molar refractivity (Wildman–Crippen MR) is 86.0 cm³/mol. The van der Waals surface area contributed by atoms with E-state index >= 15 is 0 Å². The van der Waals surface area contributed by atoms with Gasteiger partial charge in [0.1, 0.15) is 5.69 Å². The molecule has 0 bridgehead atoms. The third-order valence-electron chi connectivity index (χ3n) is 3.89. The van der Waals surface area contributed by atoms with E-state index in [1.165, 1.54) is 0 Å². The van der Waals surface area contributed by atoms with Crippen LogP contribution in [0, 0.1) is 0 Å². The van der Waals surface area contributed by atoms with E-state index in [4.69, 9.17) is 4.42 Å². The lowest BCUT2D eigenvalue weighted by atomic mass is 10.1. The summed E-state index contributed by atoms with van der Waals surface area (Å²) < 4.78 is 7.03. The maximum Gasteiger partial charge on any atom is 0.268 e. The normalized spacial score (nSPS) is 15.9. The zero-order valence-electron chi connectivity index (χ0n) is 12.4. The Morgan fingerprint density at radius 3 is 2.91 bits per heavy atom. The van der Waals surface area contributed by atoms with E-state index in [9.17, 15) is 9.59 Å². The molecule has 2 amide bonds. The van der Waals surface area contributed by atoms with Gasteiger partial charge in [-0.1, -0.05) is 0 Å². The molecule has 1 aliphatic heterocycles. The van der Waals surface area contributed by atoms with Crippen LogP contribution in [-0.2, 0) is 11.8 Å². The fourth-order valence-corrected chi connectivity index (χ4v) is 3.75. The number of aryl methyl sites for hydroxylation is 1. The maximum absolute atomic E-state index is 12.2. The quantitative estimate of drug-likeness (QED) is 0.895. The number of carbonyl (C=O) groups excluding carboxylic acids is 2. The number of furan rings is 1. The molecular weight excluding hydrogens is 302 g/mol. The van der Waals surface area contributed by atoms with Crippen molar-refractivity contribution in [3.8, 4) is 0 Å². The van der Waals surface area contributed by atoms with Gasteiger partial charge in [-0.2, -0.15) is 11.8 Å². The standard InChI is InChI=1S/C15H19N3O3S/c1-18-11-2-5-21-13(11)8-12(18)15(20)16-9-14(19)17-10-3-6-22-7-4-10/h2,5,8,10H,3-4,6-7,9H2,1H3,(H,16,20)(H,17,19). The van der Waals surface area contributed by atoms with Crippen LogP contribution in [0.4, 0.5) is 0 Å². The lowest BCUT2D eigenvalue weighted by Gasteiger charge is -2.22. The molecule has 0 aromatic carbocycles. The summed E-state index contributed by atoms with van der Waals surface area (Å²) in [6, 6.07) is 3.73. The molecule has 22 heavy (non-hydrogen) atoms. The molecule has 1 saturated heterocycles. The molecule has 0 spiro atoms. The summed E-state index contributed by atoms with van der Waals surface area (Å²) in [4.78, 5) is 24.1. The largest absolute Gasteiger partial charge is 0.463 e. The average Bonchev–Trinajstić information content (AvgIpc) is 3.09. The van der Waals surface area contributed by atoms with Gasteiger partial charge in [0.15, 0.2) is 5.58 Å². The van der Waals surface area contributed by atoms with Crippen molar-refractivity contribution in [1.82, 2.24) is 15.2 Å². The van der Waals surface area contributed by atoms with E-state index in [0.29, 0.717) is 11.3 Å². The molecule has 0 saturated carbocycles. The van der Waals surface area contributed by atoms with Crippen molar-refractivity contribution in [3.63, 3.8) is 0 Å². The van der Waals surface area contributed by atoms with Gasteiger partial charge in [-0.3, -0.25) is 9.59 Å². The summed E-state index contributed by atoms with van der Waals surface area (Å²) in [7, 11) is 1.80. The molecule has 0 unspecified atom stereocenters. The van der Waals surface area contributed by atoms with Crippen molar-refractivity contribution in [1.29, 1.82) is 0 Å². The number of hydrogen-bond acceptors (Lipinski definition) is 4. The van der Waals surface area contributed by atoms with Gasteiger partial charge in [-0.05, 0) is 24.3 Å². The maximum atomic E-state index is 12.2. The molecule has 1 fully saturated rings. The molecule has 7 heteroatoms. The summed E-state index contributed by atoms with van der Waals surface area (Å²) in [5.41, 5.74) is 2.00. The number of amides is 2. The lowest BCUT2D eigenvalue weighted by molar-refractivity contribution is -0.120. The Morgan fingerprint density at radius 1 is 1.41 bits per heavy atom. The molecule has 2 aromatic rings. The Hall–Kier alpha value is -1.89. The molecule has 3 rings (SSSR count). The first-order valence-electron chi connectivity index (χ1n) is 7.33. The number of hydrogen-bond donors (Lipinski definition) is 2. The summed E-state index contributed by atoms with van der Waals surface area (Å²) in [5, 5.41) is 5.63. The smallest absolute Gasteiger partial charge is 0.268 e. The highest BCUT2D eigenvalue weighted by Gasteiger charge is 2.18. The first kappa shape index (κ1) is 15.0. The third kappa shape index (κ3) is 3.14. The minimum atomic E-state index is -0.275. The van der Waals surface area contributed by atoms with Gasteiger partial charge in [0.2, 0.25) is 5.91 Å². The lowest BCUT2D eigenvalue weighted by Crippen LogP contribution is -2.43. The Kier molecular flexibility index (Phi) is 4.42. The van der Waals surface area contributed by atoms with Gasteiger partial charge in [0.25, 0.3) is 5.91 Å². The van der Waals surface area contributed by atoms with Crippen molar-refractivity contribution in [3.05, 3.63) is 24.1 Å². The highest BCUT2D eigenvalue weighted by Crippen LogP contribution is 2.19. The fourth-order valence-electron chi connectivity index (χ4n) is 2.64. The molecule has 0 aliphatic carbocycles. The fraction of sp³-hybridized carbons (Fsp3) is 0.467. The monoisotopic (exact) mass is 321 g/mol. The number of rotatable bonds is 4. The Balaban J connectivity index is 1.54. The van der Waals surface area contributed by atoms with Gasteiger partial charge >= 0.3 is 0 Å². The van der Waals surface area contributed by atoms with Gasteiger partial charge in [0.05, 0.1) is 18.3 Å². The molecule has 0 atom stereocenters. The van der Waals surface area contributed by atoms with Crippen LogP contribution < -0.4 is 10.6 Å². The summed E-state index contributed by atoms with van der Waals surface area (Å²) in [5.74, 6) is 1.76. The second-order valence-corrected chi connectivity index (χ2v) is 6.62. The van der Waals surface area contributed by atoms with E-state index in [2.05, 4.69) is 10.6 Å². The van der Waals surface area contributed by atoms with Gasteiger partial charge in [-0.25, -0.2) is 0 Å². The van der Waals surface area contributed by atoms with Crippen molar-refractivity contribution < 1.29 is 14.0 Å². The Labute approximate surface area is 132 Å². The number of nitrogens with zero attached hydrogens (tertiary/aromatic N) is 1. The van der Waals surface area contributed by atoms with Gasteiger partial charge in [-0.15, -0.1) is 0 Å². The number of fused-ring (bicyclic) bond motifs is 1. The topological polar surface area (TPSA) is 76.3 Å². The average molecular weight is 321 g/mol. The van der Waals surface area contributed by atoms with Crippen LogP contribution in [0.3, 0.4) is 0 Å². The second-order valence-electron chi connectivity index (χ2n) is 5.40. The van der Waals surface area contributed by atoms with Crippen LogP contribution in [0.2, 0.25) is 0 Å². The SMILES string of the molecule is Cn1c(C(=O)NCC(=O)NC2CCSCC2)cc2occc21. The molecule has 3 heterocycles. The van der Waals surface area contributed by atoms with E-state index in [0.717, 1.165) is 29.9 Å². The van der Waals surface area contributed by atoms with Crippen LogP contribution in [0.25, 0.3) is 11.1 Å². The highest BCUT2D eigenvalue weighted by atomic mass is 32.2. The minimum Gasteiger partial charge on any atom is -0.463 e. The number of thioether (sulfide) groups is 1. The van der Waals surface area contributed by atoms with Gasteiger partial charge < -0.3 is 19.6 Å². The predicted octanol–water partition coefficient (Wildman–Crippen LogP) is 1.51. The van der Waals surface area contributed by atoms with E-state index in [-0.39, 0.29) is 24.4 Å². The van der Waals surface area contributed by atoms with Crippen molar-refractivity contribution in [2.24, 2.45) is 7.05 Å². The van der Waals surface area contributed by atoms with Crippen LogP contribution in [0.5, 0.6) is 0 Å². The van der Waals surface area contributed by atoms with Crippen molar-refractivity contribution in [2.45, 2.75) is 18.9 Å². The number of nitrogens with one attached hydrogen (secondary N) is 2. The van der Waals surface area contributed by atoms with Crippen LogP contribution in [0.15, 0.2) is 22.8 Å². The molecule has 0 radical (unpaired) electrons. The second kappa shape index (κ2) is 6.48. The van der Waals surface area contributed by atoms with Crippen LogP contribution >= 0.6 is 11.8 Å². The zero-order chi connectivity index (χ0) is 15.5. The third-order valence-corrected chi connectivity index (χ3v) is 4.94. The molecular formula is C15H19N3O3S. The number of aromatic nitrogens is 1. The molecule has 2 aromatic heterocycles. The highest BCUT2D eigenvalue weighted by molar-refractivity contribution is 7.99. The molecule has 2 N–H and O–H groups in total. The van der Waals surface area contributed by atoms with Crippen LogP contribution in [0.1, 0.15) is 23.3 Å². The molecule has 1 aliphatic rings. The summed E-state index contributed by atoms with van der Waals surface area (Å²) >= 11 is 1.91. The van der Waals surface area contributed by atoms with E-state index < -0.39 is 0 Å². The van der Waals surface area contributed by atoms with Crippen molar-refractivity contribution >= 4 is 34.7 Å². The summed E-state index contributed by atoms with van der Waals surface area (Å²) in [6.45, 7) is -0.00494. The zero-order valence-corrected chi connectivity index (χ0v) is 13.2. The van der Waals surface area contributed by atoms with E-state index in [1.807, 2.05) is 11.8 Å². The first-order valence-corrected chi connectivity index (χ1v) is 8.49. The summed E-state index contributed by atoms with van der Waals surface area (Å²) in [6.07, 6.45) is 3.58. The molecule has 6 nitrogen and oxygen atoms in total. The first-order chi connectivity index (χ1) is 10.6. The number of carbonyl (C=O) groups is 2. The minimum absolute atomic E-state index is 0.00494. The van der Waals surface area contributed by atoms with Gasteiger partial charge in [0, 0.05) is 25.2 Å².